The van der Waals surface area contributed by atoms with Crippen molar-refractivity contribution in [3.05, 3.63) is 107 Å². The van der Waals surface area contributed by atoms with Crippen LogP contribution in [0.3, 0.4) is 0 Å². The van der Waals surface area contributed by atoms with E-state index in [1.54, 1.807) is 28.9 Å². The van der Waals surface area contributed by atoms with Crippen molar-refractivity contribution in [2.24, 2.45) is 0 Å². The third kappa shape index (κ3) is 3.43. The predicted molar refractivity (Wildman–Crippen MR) is 137 cm³/mol. The minimum atomic E-state index is -1.26. The van der Waals surface area contributed by atoms with Gasteiger partial charge in [0.2, 0.25) is 0 Å². The Morgan fingerprint density at radius 1 is 0.515 bits per heavy atom. The number of benzene rings is 4. The van der Waals surface area contributed by atoms with Gasteiger partial charge in [0.25, 0.3) is 0 Å². The molecule has 0 bridgehead atoms. The van der Waals surface area contributed by atoms with Crippen LogP contribution in [0.4, 0.5) is 0 Å². The molecule has 162 valence electrons. The molecule has 0 aliphatic heterocycles. The van der Waals surface area contributed by atoms with Gasteiger partial charge in [-0.3, -0.25) is 0 Å². The maximum absolute atomic E-state index is 2.48. The Labute approximate surface area is 209 Å². The Kier molecular flexibility index (Phi) is 5.70. The molecule has 0 N–H and O–H groups in total. The van der Waals surface area contributed by atoms with E-state index in [1.165, 1.54) is 47.9 Å². The molecule has 0 saturated carbocycles. The van der Waals surface area contributed by atoms with Gasteiger partial charge in [0.1, 0.15) is 0 Å². The quantitative estimate of drug-likeness (QED) is 0.203. The summed E-state index contributed by atoms with van der Waals surface area (Å²) in [7, 11) is 0. The molecule has 2 unspecified atom stereocenters. The molecule has 2 aliphatic rings. The van der Waals surface area contributed by atoms with Crippen LogP contribution in [0.2, 0.25) is 0 Å². The van der Waals surface area contributed by atoms with Gasteiger partial charge in [-0.15, -0.1) is 0 Å². The van der Waals surface area contributed by atoms with Gasteiger partial charge in [-0.1, -0.05) is 0 Å². The molecule has 0 amide bonds. The summed E-state index contributed by atoms with van der Waals surface area (Å²) in [5, 5.41) is 0. The molecule has 4 aromatic carbocycles. The number of hydrogen-bond acceptors (Lipinski definition) is 0. The van der Waals surface area contributed by atoms with E-state index in [4.69, 9.17) is 0 Å². The summed E-state index contributed by atoms with van der Waals surface area (Å²) < 4.78 is 3.42. The normalized spacial score (nSPS) is 17.3. The van der Waals surface area contributed by atoms with Gasteiger partial charge in [0.05, 0.1) is 0 Å². The second-order valence-corrected chi connectivity index (χ2v) is 14.3. The third-order valence-electron chi connectivity index (χ3n) is 7.59. The summed E-state index contributed by atoms with van der Waals surface area (Å²) in [6.07, 6.45) is 4.96. The maximum atomic E-state index is 2.48. The summed E-state index contributed by atoms with van der Waals surface area (Å²) in [6, 6.07) is 32.7. The molecule has 2 atom stereocenters. The van der Waals surface area contributed by atoms with Crippen LogP contribution in [0.25, 0.3) is 22.3 Å². The van der Waals surface area contributed by atoms with Gasteiger partial charge in [0, 0.05) is 0 Å². The Morgan fingerprint density at radius 3 is 1.39 bits per heavy atom. The zero-order valence-electron chi connectivity index (χ0n) is 19.6. The molecule has 0 spiro atoms. The number of rotatable bonds is 6. The Hall–Kier alpha value is -2.25. The zero-order chi connectivity index (χ0) is 22.4. The summed E-state index contributed by atoms with van der Waals surface area (Å²) in [5.41, 5.74) is 12.4. The van der Waals surface area contributed by atoms with Crippen molar-refractivity contribution in [2.75, 3.05) is 0 Å². The topological polar surface area (TPSA) is 0 Å². The van der Waals surface area contributed by atoms with E-state index in [0.29, 0.717) is 11.8 Å². The third-order valence-corrected chi connectivity index (χ3v) is 12.7. The van der Waals surface area contributed by atoms with E-state index in [9.17, 15) is 0 Å². The van der Waals surface area contributed by atoms with E-state index in [2.05, 4.69) is 98.8 Å². The fourth-order valence-corrected chi connectivity index (χ4v) is 11.8. The van der Waals surface area contributed by atoms with Crippen LogP contribution in [0.1, 0.15) is 73.6 Å². The molecule has 0 radical (unpaired) electrons. The van der Waals surface area contributed by atoms with Crippen molar-refractivity contribution in [1.82, 2.24) is 0 Å². The zero-order valence-corrected chi connectivity index (χ0v) is 23.2. The molecule has 4 aromatic rings. The van der Waals surface area contributed by atoms with E-state index in [-0.39, 0.29) is 0 Å². The molecule has 2 aliphatic carbocycles. The van der Waals surface area contributed by atoms with Crippen molar-refractivity contribution >= 4 is 6.64 Å². The van der Waals surface area contributed by atoms with Crippen LogP contribution in [-0.4, -0.2) is 0 Å². The first-order valence-electron chi connectivity index (χ1n) is 12.5. The Bertz CT molecular complexity index is 1230. The summed E-state index contributed by atoms with van der Waals surface area (Å²) in [6.45, 7) is 4.67. The average molecular weight is 593 g/mol. The average Bonchev–Trinajstić information content (AvgIpc) is 3.35. The first-order valence-corrected chi connectivity index (χ1v) is 16.1. The molecule has 0 heterocycles. The van der Waals surface area contributed by atoms with Crippen LogP contribution in [0.5, 0.6) is 0 Å². The minimum absolute atomic E-state index is 0.574. The molecule has 0 saturated heterocycles. The second kappa shape index (κ2) is 8.84. The van der Waals surface area contributed by atoms with Crippen molar-refractivity contribution in [2.45, 2.75) is 51.4 Å². The van der Waals surface area contributed by atoms with Gasteiger partial charge in [0.15, 0.2) is 0 Å². The van der Waals surface area contributed by atoms with Crippen LogP contribution >= 0.6 is 0 Å². The molecule has 0 aromatic heterocycles. The van der Waals surface area contributed by atoms with Crippen LogP contribution in [0, 0.1) is 0 Å². The molecule has 0 nitrogen and oxygen atoms in total. The van der Waals surface area contributed by atoms with Crippen LogP contribution < -0.4 is 6.64 Å². The van der Waals surface area contributed by atoms with Gasteiger partial charge in [-0.25, -0.2) is 0 Å². The van der Waals surface area contributed by atoms with Crippen molar-refractivity contribution in [3.8, 4) is 22.3 Å². The Balaban J connectivity index is 1.48. The van der Waals surface area contributed by atoms with Crippen molar-refractivity contribution in [1.29, 1.82) is 0 Å². The summed E-state index contributed by atoms with van der Waals surface area (Å²) in [4.78, 5) is 0. The monoisotopic (exact) mass is 594 g/mol. The van der Waals surface area contributed by atoms with E-state index < -0.39 is 22.9 Å². The van der Waals surface area contributed by atoms with Crippen LogP contribution in [-0.2, 0) is 22.9 Å². The number of fused-ring (bicyclic) bond motifs is 6. The number of hydrogen-bond donors (Lipinski definition) is 0. The Morgan fingerprint density at radius 2 is 0.939 bits per heavy atom. The van der Waals surface area contributed by atoms with Crippen molar-refractivity contribution < 1.29 is 22.9 Å². The van der Waals surface area contributed by atoms with Gasteiger partial charge in [-0.2, -0.15) is 0 Å². The first kappa shape index (κ1) is 21.3. The van der Waals surface area contributed by atoms with E-state index in [1.807, 2.05) is 0 Å². The second-order valence-electron chi connectivity index (χ2n) is 9.52. The van der Waals surface area contributed by atoms with Gasteiger partial charge >= 0.3 is 210 Å². The summed E-state index contributed by atoms with van der Waals surface area (Å²) >= 11 is -1.26. The standard InChI is InChI=1S/2C16H15.Hf/c2*1-2-7-12-13-8-3-5-10-15(13)16-11-6-4-9-14(12)16;/h2*3-6,8,10-12H,2,7H2,1H3;. The molecule has 6 rings (SSSR count). The fourth-order valence-electron chi connectivity index (χ4n) is 6.29. The summed E-state index contributed by atoms with van der Waals surface area (Å²) in [5.74, 6) is 1.15. The SMILES string of the molecule is CCCC1c2ccccc2-c2ccc[c]([Hf][c]3cccc4c3C(CCC)c3ccccc3-4)c21. The molecular weight excluding hydrogens is 563 g/mol. The fraction of sp³-hybridized carbons (Fsp3) is 0.250. The molecule has 33 heavy (non-hydrogen) atoms. The van der Waals surface area contributed by atoms with E-state index in [0.717, 1.165) is 0 Å². The van der Waals surface area contributed by atoms with E-state index >= 15 is 0 Å². The first-order chi connectivity index (χ1) is 16.3. The molecular formula is C32H30Hf. The van der Waals surface area contributed by atoms with Gasteiger partial charge in [-0.05, 0) is 0 Å². The predicted octanol–water partition coefficient (Wildman–Crippen LogP) is 7.54. The molecule has 0 fully saturated rings. The van der Waals surface area contributed by atoms with Crippen LogP contribution in [0.15, 0.2) is 84.9 Å². The van der Waals surface area contributed by atoms with Gasteiger partial charge < -0.3 is 0 Å². The van der Waals surface area contributed by atoms with Crippen molar-refractivity contribution in [3.63, 3.8) is 0 Å². The molecule has 1 heteroatoms.